The van der Waals surface area contributed by atoms with Gasteiger partial charge in [-0.2, -0.15) is 11.8 Å². The molecule has 0 amide bonds. The minimum Gasteiger partial charge on any atom is -0.378 e. The Balaban J connectivity index is 2.10. The summed E-state index contributed by atoms with van der Waals surface area (Å²) in [4.78, 5) is 0. The van der Waals surface area contributed by atoms with Gasteiger partial charge in [0.25, 0.3) is 0 Å². The van der Waals surface area contributed by atoms with E-state index in [1.165, 1.54) is 0 Å². The smallest absolute Gasteiger partial charge is 0.127 e. The summed E-state index contributed by atoms with van der Waals surface area (Å²) in [6.07, 6.45) is 1.58. The van der Waals surface area contributed by atoms with Gasteiger partial charge in [0.2, 0.25) is 0 Å². The highest BCUT2D eigenvalue weighted by atomic mass is 32.2. The molecule has 1 nitrogen and oxygen atoms in total. The van der Waals surface area contributed by atoms with Crippen LogP contribution >= 0.6 is 11.8 Å². The number of thioether (sulfide) groups is 1. The molecular formula is C13H14OS. The van der Waals surface area contributed by atoms with Crippen LogP contribution in [0.3, 0.4) is 0 Å². The van der Waals surface area contributed by atoms with Gasteiger partial charge in [0.05, 0.1) is 0 Å². The highest BCUT2D eigenvalue weighted by molar-refractivity contribution is 7.99. The zero-order valence-corrected chi connectivity index (χ0v) is 9.39. The molecule has 2 rings (SSSR count). The summed E-state index contributed by atoms with van der Waals surface area (Å²) in [5, 5.41) is 10.1. The van der Waals surface area contributed by atoms with E-state index in [0.29, 0.717) is 0 Å². The lowest BCUT2D eigenvalue weighted by molar-refractivity contribution is 0.0927. The molecule has 1 fully saturated rings. The Hall–Kier alpha value is -0.910. The third kappa shape index (κ3) is 3.02. The molecule has 0 aromatic heterocycles. The molecule has 0 aliphatic carbocycles. The van der Waals surface area contributed by atoms with Crippen molar-refractivity contribution in [3.05, 3.63) is 35.9 Å². The van der Waals surface area contributed by atoms with E-state index in [1.807, 2.05) is 42.1 Å². The second-order valence-corrected chi connectivity index (χ2v) is 4.98. The second-order valence-electron chi connectivity index (χ2n) is 3.76. The van der Waals surface area contributed by atoms with Gasteiger partial charge in [0.1, 0.15) is 5.60 Å². The summed E-state index contributed by atoms with van der Waals surface area (Å²) in [7, 11) is 0. The van der Waals surface area contributed by atoms with E-state index in [1.54, 1.807) is 0 Å². The third-order valence-electron chi connectivity index (χ3n) is 2.53. The van der Waals surface area contributed by atoms with Crippen LogP contribution in [0.15, 0.2) is 30.3 Å². The Morgan fingerprint density at radius 1 is 1.13 bits per heavy atom. The monoisotopic (exact) mass is 218 g/mol. The predicted molar refractivity (Wildman–Crippen MR) is 64.8 cm³/mol. The summed E-state index contributed by atoms with van der Waals surface area (Å²) >= 11 is 1.89. The van der Waals surface area contributed by atoms with Gasteiger partial charge in [-0.25, -0.2) is 0 Å². The normalized spacial score (nSPS) is 19.0. The standard InChI is InChI=1S/C13H14OS/c14-13(8-10-15-11-9-13)7-6-12-4-2-1-3-5-12/h1-5,14H,8-11H2. The van der Waals surface area contributed by atoms with Gasteiger partial charge >= 0.3 is 0 Å². The molecule has 1 saturated heterocycles. The van der Waals surface area contributed by atoms with Crippen molar-refractivity contribution < 1.29 is 5.11 Å². The largest absolute Gasteiger partial charge is 0.378 e. The van der Waals surface area contributed by atoms with Crippen LogP contribution in [0.25, 0.3) is 0 Å². The maximum atomic E-state index is 10.1. The van der Waals surface area contributed by atoms with E-state index in [4.69, 9.17) is 0 Å². The summed E-state index contributed by atoms with van der Waals surface area (Å²) < 4.78 is 0. The number of hydrogen-bond donors (Lipinski definition) is 1. The van der Waals surface area contributed by atoms with Crippen LogP contribution in [0, 0.1) is 11.8 Å². The van der Waals surface area contributed by atoms with Crippen molar-refractivity contribution in [1.82, 2.24) is 0 Å². The molecule has 2 heteroatoms. The van der Waals surface area contributed by atoms with Gasteiger partial charge in [-0.15, -0.1) is 0 Å². The van der Waals surface area contributed by atoms with E-state index in [9.17, 15) is 5.11 Å². The van der Waals surface area contributed by atoms with Crippen molar-refractivity contribution in [3.8, 4) is 11.8 Å². The summed E-state index contributed by atoms with van der Waals surface area (Å²) in [5.41, 5.74) is 0.227. The van der Waals surface area contributed by atoms with Crippen LogP contribution < -0.4 is 0 Å². The van der Waals surface area contributed by atoms with Crippen LogP contribution in [-0.4, -0.2) is 22.2 Å². The maximum absolute atomic E-state index is 10.1. The topological polar surface area (TPSA) is 20.2 Å². The van der Waals surface area contributed by atoms with Crippen LogP contribution in [0.1, 0.15) is 18.4 Å². The first kappa shape index (κ1) is 10.6. The number of aliphatic hydroxyl groups is 1. The van der Waals surface area contributed by atoms with E-state index < -0.39 is 5.60 Å². The average molecular weight is 218 g/mol. The first-order valence-electron chi connectivity index (χ1n) is 5.17. The van der Waals surface area contributed by atoms with Gasteiger partial charge in [-0.05, 0) is 36.5 Å². The third-order valence-corrected chi connectivity index (χ3v) is 3.52. The number of hydrogen-bond acceptors (Lipinski definition) is 2. The highest BCUT2D eigenvalue weighted by Gasteiger charge is 2.26. The van der Waals surface area contributed by atoms with E-state index in [-0.39, 0.29) is 0 Å². The van der Waals surface area contributed by atoms with E-state index >= 15 is 0 Å². The van der Waals surface area contributed by atoms with E-state index in [2.05, 4.69) is 11.8 Å². The van der Waals surface area contributed by atoms with Gasteiger partial charge in [-0.3, -0.25) is 0 Å². The first-order chi connectivity index (χ1) is 7.29. The molecule has 1 aliphatic rings. The quantitative estimate of drug-likeness (QED) is 0.674. The zero-order chi connectivity index (χ0) is 10.6. The van der Waals surface area contributed by atoms with Gasteiger partial charge in [0, 0.05) is 5.56 Å². The number of benzene rings is 1. The lowest BCUT2D eigenvalue weighted by Crippen LogP contribution is -2.31. The summed E-state index contributed by atoms with van der Waals surface area (Å²) in [5.74, 6) is 8.08. The Labute approximate surface area is 94.9 Å². The van der Waals surface area contributed by atoms with Gasteiger partial charge in [0.15, 0.2) is 0 Å². The first-order valence-corrected chi connectivity index (χ1v) is 6.32. The molecule has 0 atom stereocenters. The maximum Gasteiger partial charge on any atom is 0.127 e. The molecule has 0 radical (unpaired) electrons. The molecule has 1 aliphatic heterocycles. The second kappa shape index (κ2) is 4.74. The fraction of sp³-hybridized carbons (Fsp3) is 0.385. The minimum atomic E-state index is -0.749. The summed E-state index contributed by atoms with van der Waals surface area (Å²) in [6, 6.07) is 9.83. The molecule has 0 bridgehead atoms. The Morgan fingerprint density at radius 2 is 1.80 bits per heavy atom. The Kier molecular flexibility index (Phi) is 3.35. The summed E-state index contributed by atoms with van der Waals surface area (Å²) in [6.45, 7) is 0. The Bertz CT molecular complexity index is 369. The zero-order valence-electron chi connectivity index (χ0n) is 8.57. The van der Waals surface area contributed by atoms with Crippen LogP contribution in [-0.2, 0) is 0 Å². The molecule has 1 aromatic carbocycles. The molecule has 0 unspecified atom stereocenters. The van der Waals surface area contributed by atoms with Crippen LogP contribution in [0.2, 0.25) is 0 Å². The van der Waals surface area contributed by atoms with Crippen molar-refractivity contribution in [3.63, 3.8) is 0 Å². The molecule has 0 spiro atoms. The van der Waals surface area contributed by atoms with Crippen molar-refractivity contribution in [1.29, 1.82) is 0 Å². The van der Waals surface area contributed by atoms with Gasteiger partial charge < -0.3 is 5.11 Å². The molecule has 78 valence electrons. The fourth-order valence-electron chi connectivity index (χ4n) is 1.54. The van der Waals surface area contributed by atoms with Gasteiger partial charge in [-0.1, -0.05) is 30.0 Å². The number of rotatable bonds is 0. The molecule has 15 heavy (non-hydrogen) atoms. The fourth-order valence-corrected chi connectivity index (χ4v) is 2.71. The molecule has 1 aromatic rings. The minimum absolute atomic E-state index is 0.749. The Morgan fingerprint density at radius 3 is 2.47 bits per heavy atom. The average Bonchev–Trinajstić information content (AvgIpc) is 2.29. The highest BCUT2D eigenvalue weighted by Crippen LogP contribution is 2.26. The molecule has 1 N–H and O–H groups in total. The molecule has 0 saturated carbocycles. The predicted octanol–water partition coefficient (Wildman–Crippen LogP) is 2.30. The molecular weight excluding hydrogens is 204 g/mol. The van der Waals surface area contributed by atoms with Crippen LogP contribution in [0.4, 0.5) is 0 Å². The van der Waals surface area contributed by atoms with Crippen molar-refractivity contribution in [2.24, 2.45) is 0 Å². The SMILES string of the molecule is OC1(C#Cc2ccccc2)CCSCC1. The lowest BCUT2D eigenvalue weighted by Gasteiger charge is -2.26. The lowest BCUT2D eigenvalue weighted by atomic mass is 9.97. The van der Waals surface area contributed by atoms with Crippen molar-refractivity contribution in [2.45, 2.75) is 18.4 Å². The van der Waals surface area contributed by atoms with Crippen molar-refractivity contribution in [2.75, 3.05) is 11.5 Å². The van der Waals surface area contributed by atoms with Crippen LogP contribution in [0.5, 0.6) is 0 Å². The van der Waals surface area contributed by atoms with E-state index in [0.717, 1.165) is 29.9 Å². The molecule has 1 heterocycles. The van der Waals surface area contributed by atoms with Crippen molar-refractivity contribution >= 4 is 11.8 Å².